The first-order valence-electron chi connectivity index (χ1n) is 8.66. The molecule has 4 rings (SSSR count). The molecule has 2 aromatic rings. The van der Waals surface area contributed by atoms with Crippen LogP contribution in [0.4, 0.5) is 5.69 Å². The number of para-hydroxylation sites is 1. The van der Waals surface area contributed by atoms with Gasteiger partial charge in [0.1, 0.15) is 0 Å². The lowest BCUT2D eigenvalue weighted by Gasteiger charge is -2.39. The monoisotopic (exact) mass is 330 g/mol. The van der Waals surface area contributed by atoms with Gasteiger partial charge in [-0.3, -0.25) is 0 Å². The molecule has 0 spiro atoms. The zero-order valence-corrected chi connectivity index (χ0v) is 14.3. The molecule has 2 aliphatic heterocycles. The topological polar surface area (TPSA) is 24.8 Å². The molecule has 3 heteroatoms. The summed E-state index contributed by atoms with van der Waals surface area (Å²) in [6.45, 7) is 8.66. The molecule has 0 aliphatic carbocycles. The van der Waals surface area contributed by atoms with Gasteiger partial charge in [0, 0.05) is 18.7 Å². The predicted octanol–water partition coefficient (Wildman–Crippen LogP) is 4.66. The van der Waals surface area contributed by atoms with Crippen LogP contribution in [0.5, 0.6) is 0 Å². The molecule has 2 atom stereocenters. The lowest BCUT2D eigenvalue weighted by molar-refractivity contribution is -0.00349. The Kier molecular flexibility index (Phi) is 3.92. The van der Waals surface area contributed by atoms with Gasteiger partial charge < -0.3 is 9.74 Å². The molecular formula is C22H22N2O. The molecule has 0 fully saturated rings. The van der Waals surface area contributed by atoms with E-state index in [9.17, 15) is 0 Å². The van der Waals surface area contributed by atoms with E-state index < -0.39 is 0 Å². The smallest absolute Gasteiger partial charge is 0.210 e. The molecule has 0 amide bonds. The number of rotatable bonds is 5. The third kappa shape index (κ3) is 2.39. The van der Waals surface area contributed by atoms with E-state index in [4.69, 9.17) is 4.84 Å². The van der Waals surface area contributed by atoms with Crippen molar-refractivity contribution in [2.75, 3.05) is 11.4 Å². The fraction of sp³-hybridized carbons (Fsp3) is 0.227. The maximum atomic E-state index is 6.09. The van der Waals surface area contributed by atoms with E-state index in [1.807, 2.05) is 30.4 Å². The third-order valence-electron chi connectivity index (χ3n) is 5.19. The second-order valence-electron chi connectivity index (χ2n) is 6.65. The van der Waals surface area contributed by atoms with Gasteiger partial charge in [-0.15, -0.1) is 13.2 Å². The van der Waals surface area contributed by atoms with E-state index in [1.165, 1.54) is 11.3 Å². The van der Waals surface area contributed by atoms with E-state index in [2.05, 4.69) is 59.6 Å². The number of anilines is 1. The highest BCUT2D eigenvalue weighted by molar-refractivity contribution is 6.02. The van der Waals surface area contributed by atoms with Crippen LogP contribution in [0.3, 0.4) is 0 Å². The Labute approximate surface area is 148 Å². The number of nitrogens with zero attached hydrogens (tertiary/aromatic N) is 2. The van der Waals surface area contributed by atoms with Crippen molar-refractivity contribution < 1.29 is 4.84 Å². The molecule has 3 nitrogen and oxygen atoms in total. The van der Waals surface area contributed by atoms with E-state index in [1.54, 1.807) is 0 Å². The average molecular weight is 330 g/mol. The molecule has 0 N–H and O–H groups in total. The maximum Gasteiger partial charge on any atom is 0.210 e. The van der Waals surface area contributed by atoms with Crippen LogP contribution >= 0.6 is 0 Å². The second kappa shape index (κ2) is 6.25. The lowest BCUT2D eigenvalue weighted by atomic mass is 9.72. The van der Waals surface area contributed by atoms with E-state index in [0.717, 1.165) is 30.7 Å². The number of allylic oxidation sites excluding steroid dienone is 1. The summed E-state index contributed by atoms with van der Waals surface area (Å²) in [6, 6.07) is 18.8. The Bertz CT molecular complexity index is 827. The van der Waals surface area contributed by atoms with Gasteiger partial charge in [0.2, 0.25) is 6.23 Å². The summed E-state index contributed by atoms with van der Waals surface area (Å²) in [5.41, 5.74) is 4.45. The summed E-state index contributed by atoms with van der Waals surface area (Å²) in [5, 5.41) is 4.49. The molecule has 2 aromatic carbocycles. The van der Waals surface area contributed by atoms with Gasteiger partial charge in [-0.05, 0) is 23.6 Å². The van der Waals surface area contributed by atoms with Gasteiger partial charge >= 0.3 is 0 Å². The van der Waals surface area contributed by atoms with Crippen LogP contribution in [-0.4, -0.2) is 18.5 Å². The van der Waals surface area contributed by atoms with Crippen LogP contribution in [-0.2, 0) is 10.3 Å². The first kappa shape index (κ1) is 15.7. The molecule has 126 valence electrons. The van der Waals surface area contributed by atoms with Crippen molar-refractivity contribution in [2.45, 2.75) is 24.5 Å². The summed E-state index contributed by atoms with van der Waals surface area (Å²) in [7, 11) is 0. The van der Waals surface area contributed by atoms with Crippen LogP contribution in [0.2, 0.25) is 0 Å². The van der Waals surface area contributed by atoms with Crippen LogP contribution in [0.25, 0.3) is 0 Å². The van der Waals surface area contributed by atoms with E-state index in [0.29, 0.717) is 0 Å². The van der Waals surface area contributed by atoms with Gasteiger partial charge in [0.15, 0.2) is 0 Å². The van der Waals surface area contributed by atoms with Gasteiger partial charge in [-0.2, -0.15) is 0 Å². The fourth-order valence-corrected chi connectivity index (χ4v) is 4.15. The quantitative estimate of drug-likeness (QED) is 0.745. The zero-order valence-electron chi connectivity index (χ0n) is 14.3. The molecule has 2 aliphatic rings. The minimum atomic E-state index is -0.172. The van der Waals surface area contributed by atoms with Crippen LogP contribution in [0, 0.1) is 0 Å². The third-order valence-corrected chi connectivity index (χ3v) is 5.19. The average Bonchev–Trinajstić information content (AvgIpc) is 2.93. The molecule has 25 heavy (non-hydrogen) atoms. The Hall–Kier alpha value is -2.81. The van der Waals surface area contributed by atoms with Crippen molar-refractivity contribution in [2.24, 2.45) is 5.16 Å². The van der Waals surface area contributed by atoms with E-state index in [-0.39, 0.29) is 11.6 Å². The fourth-order valence-electron chi connectivity index (χ4n) is 4.15. The van der Waals surface area contributed by atoms with Crippen molar-refractivity contribution >= 4 is 11.4 Å². The number of hydrogen-bond donors (Lipinski definition) is 0. The molecule has 0 saturated heterocycles. The highest BCUT2D eigenvalue weighted by atomic mass is 16.7. The molecule has 0 radical (unpaired) electrons. The van der Waals surface area contributed by atoms with E-state index >= 15 is 0 Å². The minimum absolute atomic E-state index is 0.131. The van der Waals surface area contributed by atoms with Crippen LogP contribution in [0.1, 0.15) is 24.0 Å². The van der Waals surface area contributed by atoms with Crippen molar-refractivity contribution in [1.29, 1.82) is 0 Å². The first-order chi connectivity index (χ1) is 12.3. The van der Waals surface area contributed by atoms with Crippen LogP contribution < -0.4 is 4.90 Å². The van der Waals surface area contributed by atoms with Gasteiger partial charge in [-0.1, -0.05) is 65.8 Å². The van der Waals surface area contributed by atoms with Gasteiger partial charge in [0.25, 0.3) is 0 Å². The highest BCUT2D eigenvalue weighted by Crippen LogP contribution is 2.52. The van der Waals surface area contributed by atoms with Gasteiger partial charge in [0.05, 0.1) is 11.1 Å². The van der Waals surface area contributed by atoms with Crippen LogP contribution in [0.15, 0.2) is 85.1 Å². The summed E-state index contributed by atoms with van der Waals surface area (Å²) in [4.78, 5) is 8.35. The molecular weight excluding hydrogens is 308 g/mol. The Morgan fingerprint density at radius 2 is 1.84 bits per heavy atom. The molecule has 0 bridgehead atoms. The Morgan fingerprint density at radius 3 is 2.60 bits per heavy atom. The first-order valence-corrected chi connectivity index (χ1v) is 8.66. The highest BCUT2D eigenvalue weighted by Gasteiger charge is 2.54. The summed E-state index contributed by atoms with van der Waals surface area (Å²) in [6.07, 6.45) is 5.46. The summed E-state index contributed by atoms with van der Waals surface area (Å²) in [5.74, 6) is 0. The Morgan fingerprint density at radius 1 is 1.08 bits per heavy atom. The SMILES string of the molecule is C=CCN1c2ccccc2[C@]2(CC=C)CC(c3ccccc3)=NO[C@H]12. The Balaban J connectivity index is 1.84. The zero-order chi connectivity index (χ0) is 17.3. The summed E-state index contributed by atoms with van der Waals surface area (Å²) >= 11 is 0. The molecule has 2 heterocycles. The minimum Gasteiger partial charge on any atom is -0.369 e. The number of benzene rings is 2. The normalized spacial score (nSPS) is 23.9. The molecule has 0 unspecified atom stereocenters. The standard InChI is InChI=1S/C22H22N2O/c1-3-14-22-16-19(17-10-6-5-7-11-17)23-25-21(22)24(15-4-2)20-13-9-8-12-18(20)22/h3-13,21H,1-2,14-16H2/t21-,22-/m0/s1. The predicted molar refractivity (Wildman–Crippen MR) is 103 cm³/mol. The van der Waals surface area contributed by atoms with Crippen molar-refractivity contribution in [3.63, 3.8) is 0 Å². The van der Waals surface area contributed by atoms with Crippen molar-refractivity contribution in [3.05, 3.63) is 91.0 Å². The van der Waals surface area contributed by atoms with Crippen molar-refractivity contribution in [3.8, 4) is 0 Å². The van der Waals surface area contributed by atoms with Gasteiger partial charge in [-0.25, -0.2) is 0 Å². The van der Waals surface area contributed by atoms with Crippen molar-refractivity contribution in [1.82, 2.24) is 0 Å². The summed E-state index contributed by atoms with van der Waals surface area (Å²) < 4.78 is 0. The number of oxime groups is 1. The lowest BCUT2D eigenvalue weighted by Crippen LogP contribution is -2.49. The number of fused-ring (bicyclic) bond motifs is 3. The molecule has 0 aromatic heterocycles. The number of hydrogen-bond acceptors (Lipinski definition) is 3. The second-order valence-corrected chi connectivity index (χ2v) is 6.65. The molecule has 0 saturated carbocycles. The largest absolute Gasteiger partial charge is 0.369 e. The maximum absolute atomic E-state index is 6.09.